The van der Waals surface area contributed by atoms with Crippen molar-refractivity contribution in [2.24, 2.45) is 0 Å². The number of aromatic nitrogens is 1. The number of hydrogen-bond donors (Lipinski definition) is 1. The zero-order valence-electron chi connectivity index (χ0n) is 18.3. The number of rotatable bonds is 5. The Balaban J connectivity index is 1.69. The Morgan fingerprint density at radius 2 is 1.26 bits per heavy atom. The number of benzene rings is 4. The van der Waals surface area contributed by atoms with Crippen LogP contribution in [0.1, 0.15) is 15.9 Å². The van der Waals surface area contributed by atoms with Crippen LogP contribution in [0, 0.1) is 6.92 Å². The van der Waals surface area contributed by atoms with Crippen LogP contribution < -0.4 is 9.84 Å². The lowest BCUT2D eigenvalue weighted by Gasteiger charge is -2.24. The van der Waals surface area contributed by atoms with E-state index in [2.05, 4.69) is 9.82 Å². The zero-order chi connectivity index (χ0) is 23.7. The van der Waals surface area contributed by atoms with Crippen molar-refractivity contribution >= 4 is 43.4 Å². The van der Waals surface area contributed by atoms with Gasteiger partial charge in [0.05, 0.1) is 27.2 Å². The highest BCUT2D eigenvalue weighted by molar-refractivity contribution is 7.89. The van der Waals surface area contributed by atoms with Gasteiger partial charge in [-0.2, -0.15) is 0 Å². The Labute approximate surface area is 197 Å². The minimum atomic E-state index is -4.04. The number of nitrogens with one attached hydrogen (secondary N) is 1. The summed E-state index contributed by atoms with van der Waals surface area (Å²) in [4.78, 5) is 21.4. The topological polar surface area (TPSA) is 79.4 Å². The van der Waals surface area contributed by atoms with Gasteiger partial charge in [0.1, 0.15) is 0 Å². The molecule has 1 aromatic heterocycles. The number of anilines is 1. The molecule has 0 saturated heterocycles. The van der Waals surface area contributed by atoms with Gasteiger partial charge < -0.3 is 0 Å². The molecule has 0 spiro atoms. The van der Waals surface area contributed by atoms with E-state index in [-0.39, 0.29) is 4.90 Å². The fourth-order valence-corrected chi connectivity index (χ4v) is 4.89. The minimum Gasteiger partial charge on any atom is -0.267 e. The standard InChI is InChI=1S/C27H21N3O3S/c1-19-15-17-21(18-16-19)34(32,33)29-30(20-9-3-2-4-10-20)27(31)26-22-11-5-7-13-24(22)28-25-14-8-6-12-23(25)26/h2-18,29H,1H3. The van der Waals surface area contributed by atoms with Crippen molar-refractivity contribution in [3.05, 3.63) is 114 Å². The maximum Gasteiger partial charge on any atom is 0.274 e. The molecule has 34 heavy (non-hydrogen) atoms. The second-order valence-corrected chi connectivity index (χ2v) is 9.57. The van der Waals surface area contributed by atoms with Crippen LogP contribution in [0.15, 0.2) is 108 Å². The lowest BCUT2D eigenvalue weighted by molar-refractivity contribution is 0.0984. The quantitative estimate of drug-likeness (QED) is 0.283. The minimum absolute atomic E-state index is 0.0660. The molecule has 5 aromatic rings. The molecular formula is C27H21N3O3S. The Hall–Kier alpha value is -4.07. The molecule has 0 saturated carbocycles. The first-order chi connectivity index (χ1) is 16.4. The molecule has 168 valence electrons. The van der Waals surface area contributed by atoms with E-state index in [9.17, 15) is 13.2 Å². The Bertz CT molecular complexity index is 1560. The van der Waals surface area contributed by atoms with E-state index in [0.717, 1.165) is 10.6 Å². The van der Waals surface area contributed by atoms with Gasteiger partial charge in [0.2, 0.25) is 0 Å². The van der Waals surface area contributed by atoms with Crippen molar-refractivity contribution in [3.63, 3.8) is 0 Å². The average Bonchev–Trinajstić information content (AvgIpc) is 2.86. The summed E-state index contributed by atoms with van der Waals surface area (Å²) in [5.41, 5.74) is 3.01. The fourth-order valence-electron chi connectivity index (χ4n) is 3.86. The number of amides is 1. The van der Waals surface area contributed by atoms with Crippen LogP contribution in [-0.2, 0) is 10.0 Å². The van der Waals surface area contributed by atoms with Gasteiger partial charge in [-0.05, 0) is 43.3 Å². The van der Waals surface area contributed by atoms with Crippen LogP contribution in [0.25, 0.3) is 21.8 Å². The molecule has 0 bridgehead atoms. The molecule has 1 N–H and O–H groups in total. The van der Waals surface area contributed by atoms with Gasteiger partial charge in [-0.15, -0.1) is 4.83 Å². The molecule has 0 radical (unpaired) electrons. The normalized spacial score (nSPS) is 11.6. The first-order valence-corrected chi connectivity index (χ1v) is 12.2. The van der Waals surface area contributed by atoms with Gasteiger partial charge in [0, 0.05) is 10.8 Å². The summed E-state index contributed by atoms with van der Waals surface area (Å²) in [5.74, 6) is -0.503. The summed E-state index contributed by atoms with van der Waals surface area (Å²) < 4.78 is 26.5. The summed E-state index contributed by atoms with van der Waals surface area (Å²) in [5, 5.41) is 2.37. The van der Waals surface area contributed by atoms with Gasteiger partial charge in [-0.3, -0.25) is 4.79 Å². The van der Waals surface area contributed by atoms with Crippen molar-refractivity contribution in [2.45, 2.75) is 11.8 Å². The van der Waals surface area contributed by atoms with Crippen molar-refractivity contribution < 1.29 is 13.2 Å². The highest BCUT2D eigenvalue weighted by Gasteiger charge is 2.27. The number of pyridine rings is 1. The van der Waals surface area contributed by atoms with Crippen LogP contribution in [0.2, 0.25) is 0 Å². The van der Waals surface area contributed by atoms with Crippen LogP contribution in [0.5, 0.6) is 0 Å². The van der Waals surface area contributed by atoms with Crippen molar-refractivity contribution in [2.75, 3.05) is 5.01 Å². The number of carbonyl (C=O) groups is 1. The first kappa shape index (κ1) is 21.8. The van der Waals surface area contributed by atoms with Gasteiger partial charge in [0.15, 0.2) is 0 Å². The highest BCUT2D eigenvalue weighted by Crippen LogP contribution is 2.29. The number of hydrogen-bond acceptors (Lipinski definition) is 4. The maximum atomic E-state index is 14.1. The SMILES string of the molecule is Cc1ccc(S(=O)(=O)NN(C(=O)c2c3ccccc3nc3ccccc23)c2ccccc2)cc1. The molecule has 7 heteroatoms. The smallest absolute Gasteiger partial charge is 0.267 e. The van der Waals surface area contributed by atoms with E-state index < -0.39 is 15.9 Å². The molecule has 0 unspecified atom stereocenters. The van der Waals surface area contributed by atoms with E-state index >= 15 is 0 Å². The number of aryl methyl sites for hydroxylation is 1. The molecule has 0 aliphatic heterocycles. The summed E-state index contributed by atoms with van der Waals surface area (Å²) >= 11 is 0. The monoisotopic (exact) mass is 467 g/mol. The molecule has 1 heterocycles. The van der Waals surface area contributed by atoms with E-state index in [4.69, 9.17) is 0 Å². The third-order valence-corrected chi connectivity index (χ3v) is 6.88. The van der Waals surface area contributed by atoms with Gasteiger partial charge in [-0.25, -0.2) is 18.4 Å². The molecule has 1 amide bonds. The maximum absolute atomic E-state index is 14.1. The number of para-hydroxylation sites is 3. The number of fused-ring (bicyclic) bond motifs is 2. The Morgan fingerprint density at radius 3 is 1.85 bits per heavy atom. The van der Waals surface area contributed by atoms with Gasteiger partial charge in [0.25, 0.3) is 15.9 Å². The van der Waals surface area contributed by atoms with Gasteiger partial charge >= 0.3 is 0 Å². The average molecular weight is 468 g/mol. The molecule has 0 atom stereocenters. The van der Waals surface area contributed by atoms with Crippen molar-refractivity contribution in [3.8, 4) is 0 Å². The lowest BCUT2D eigenvalue weighted by atomic mass is 10.0. The zero-order valence-corrected chi connectivity index (χ0v) is 19.2. The molecule has 4 aromatic carbocycles. The summed E-state index contributed by atoms with van der Waals surface area (Å²) in [6.45, 7) is 1.88. The molecule has 6 nitrogen and oxygen atoms in total. The predicted molar refractivity (Wildman–Crippen MR) is 134 cm³/mol. The van der Waals surface area contributed by atoms with E-state index in [1.807, 2.05) is 55.5 Å². The second kappa shape index (κ2) is 8.70. The number of nitrogens with zero attached hydrogens (tertiary/aromatic N) is 2. The molecule has 5 rings (SSSR count). The van der Waals surface area contributed by atoms with Crippen molar-refractivity contribution in [1.82, 2.24) is 9.82 Å². The molecule has 0 aliphatic rings. The van der Waals surface area contributed by atoms with Crippen molar-refractivity contribution in [1.29, 1.82) is 0 Å². The first-order valence-electron chi connectivity index (χ1n) is 10.7. The molecular weight excluding hydrogens is 446 g/mol. The van der Waals surface area contributed by atoms with Gasteiger partial charge in [-0.1, -0.05) is 72.3 Å². The Morgan fingerprint density at radius 1 is 0.735 bits per heavy atom. The van der Waals surface area contributed by atoms with E-state index in [1.165, 1.54) is 12.1 Å². The highest BCUT2D eigenvalue weighted by atomic mass is 32.2. The predicted octanol–water partition coefficient (Wildman–Crippen LogP) is 5.24. The van der Waals surface area contributed by atoms with E-state index in [1.54, 1.807) is 42.5 Å². The number of carbonyl (C=O) groups excluding carboxylic acids is 1. The second-order valence-electron chi connectivity index (χ2n) is 7.90. The number of sulfonamides is 1. The van der Waals surface area contributed by atoms with Crippen LogP contribution >= 0.6 is 0 Å². The Kier molecular flexibility index (Phi) is 5.57. The van der Waals surface area contributed by atoms with Crippen LogP contribution in [-0.4, -0.2) is 19.3 Å². The largest absolute Gasteiger partial charge is 0.274 e. The summed E-state index contributed by atoms with van der Waals surface area (Å²) in [6, 6.07) is 29.8. The number of hydrazine groups is 1. The lowest BCUT2D eigenvalue weighted by Crippen LogP contribution is -2.46. The third kappa shape index (κ3) is 4.03. The fraction of sp³-hybridized carbons (Fsp3) is 0.0370. The molecule has 0 fully saturated rings. The van der Waals surface area contributed by atoms with Crippen LogP contribution in [0.3, 0.4) is 0 Å². The molecule has 0 aliphatic carbocycles. The third-order valence-electron chi connectivity index (χ3n) is 5.56. The summed E-state index contributed by atoms with van der Waals surface area (Å²) in [6.07, 6.45) is 0. The van der Waals surface area contributed by atoms with E-state index in [0.29, 0.717) is 33.1 Å². The van der Waals surface area contributed by atoms with Crippen LogP contribution in [0.4, 0.5) is 5.69 Å². The summed E-state index contributed by atoms with van der Waals surface area (Å²) in [7, 11) is -4.04.